The zero-order valence-corrected chi connectivity index (χ0v) is 10.6. The number of likely N-dealkylation sites (N-methyl/N-ethyl adjacent to an activating group) is 1. The molecule has 1 aliphatic rings. The first-order chi connectivity index (χ1) is 7.09. The standard InChI is InChI=1S/C11H25N3O/c1-12(2)9-10-15-11-5-7-14(8-6-11)13(3)4/h11H,5-10H2,1-4H3. The lowest BCUT2D eigenvalue weighted by atomic mass is 10.1. The summed E-state index contributed by atoms with van der Waals surface area (Å²) in [4.78, 5) is 2.16. The monoisotopic (exact) mass is 215 g/mol. The highest BCUT2D eigenvalue weighted by Crippen LogP contribution is 2.13. The van der Waals surface area contributed by atoms with Crippen LogP contribution in [-0.4, -0.2) is 75.5 Å². The molecule has 0 atom stereocenters. The van der Waals surface area contributed by atoms with Crippen LogP contribution in [0.5, 0.6) is 0 Å². The van der Waals surface area contributed by atoms with Crippen LogP contribution in [0, 0.1) is 0 Å². The molecule has 0 bridgehead atoms. The molecule has 4 nitrogen and oxygen atoms in total. The van der Waals surface area contributed by atoms with Gasteiger partial charge in [0.1, 0.15) is 0 Å². The van der Waals surface area contributed by atoms with Crippen LogP contribution in [-0.2, 0) is 4.74 Å². The number of piperidine rings is 1. The van der Waals surface area contributed by atoms with E-state index in [-0.39, 0.29) is 0 Å². The smallest absolute Gasteiger partial charge is 0.0601 e. The zero-order chi connectivity index (χ0) is 11.3. The van der Waals surface area contributed by atoms with E-state index in [0.29, 0.717) is 6.10 Å². The van der Waals surface area contributed by atoms with E-state index in [1.165, 1.54) is 0 Å². The zero-order valence-electron chi connectivity index (χ0n) is 10.6. The van der Waals surface area contributed by atoms with Gasteiger partial charge in [-0.1, -0.05) is 0 Å². The largest absolute Gasteiger partial charge is 0.377 e. The van der Waals surface area contributed by atoms with Crippen molar-refractivity contribution in [2.24, 2.45) is 0 Å². The van der Waals surface area contributed by atoms with Crippen molar-refractivity contribution in [2.45, 2.75) is 18.9 Å². The van der Waals surface area contributed by atoms with Gasteiger partial charge in [0.05, 0.1) is 12.7 Å². The average molecular weight is 215 g/mol. The van der Waals surface area contributed by atoms with Crippen LogP contribution in [0.1, 0.15) is 12.8 Å². The average Bonchev–Trinajstić information content (AvgIpc) is 2.18. The number of hydrazine groups is 1. The molecule has 1 fully saturated rings. The summed E-state index contributed by atoms with van der Waals surface area (Å²) in [6, 6.07) is 0. The van der Waals surface area contributed by atoms with Crippen molar-refractivity contribution < 1.29 is 4.74 Å². The Bertz CT molecular complexity index is 162. The highest BCUT2D eigenvalue weighted by molar-refractivity contribution is 4.70. The summed E-state index contributed by atoms with van der Waals surface area (Å²) in [6.45, 7) is 4.13. The fourth-order valence-electron chi connectivity index (χ4n) is 1.81. The maximum absolute atomic E-state index is 5.83. The molecule has 15 heavy (non-hydrogen) atoms. The Kier molecular flexibility index (Phi) is 5.53. The van der Waals surface area contributed by atoms with Gasteiger partial charge in [-0.25, -0.2) is 10.0 Å². The molecule has 1 aliphatic heterocycles. The summed E-state index contributed by atoms with van der Waals surface area (Å²) in [7, 11) is 8.37. The Labute approximate surface area is 93.7 Å². The van der Waals surface area contributed by atoms with Crippen LogP contribution in [0.2, 0.25) is 0 Å². The van der Waals surface area contributed by atoms with Crippen molar-refractivity contribution in [2.75, 3.05) is 54.4 Å². The Hall–Kier alpha value is -0.160. The van der Waals surface area contributed by atoms with E-state index in [0.717, 1.165) is 39.1 Å². The van der Waals surface area contributed by atoms with Crippen LogP contribution >= 0.6 is 0 Å². The van der Waals surface area contributed by atoms with Crippen molar-refractivity contribution in [3.8, 4) is 0 Å². The minimum absolute atomic E-state index is 0.473. The molecule has 0 N–H and O–H groups in total. The van der Waals surface area contributed by atoms with Crippen molar-refractivity contribution >= 4 is 0 Å². The minimum atomic E-state index is 0.473. The summed E-state index contributed by atoms with van der Waals surface area (Å²) in [6.07, 6.45) is 2.79. The topological polar surface area (TPSA) is 19.0 Å². The Morgan fingerprint density at radius 1 is 1.13 bits per heavy atom. The number of rotatable bonds is 5. The van der Waals surface area contributed by atoms with Crippen LogP contribution < -0.4 is 0 Å². The fraction of sp³-hybridized carbons (Fsp3) is 1.00. The van der Waals surface area contributed by atoms with Crippen LogP contribution in [0.3, 0.4) is 0 Å². The Morgan fingerprint density at radius 3 is 2.20 bits per heavy atom. The van der Waals surface area contributed by atoms with E-state index in [1.807, 2.05) is 0 Å². The van der Waals surface area contributed by atoms with Crippen molar-refractivity contribution in [3.63, 3.8) is 0 Å². The molecule has 1 heterocycles. The predicted molar refractivity (Wildman–Crippen MR) is 62.8 cm³/mol. The van der Waals surface area contributed by atoms with E-state index >= 15 is 0 Å². The molecule has 90 valence electrons. The molecule has 4 heteroatoms. The Balaban J connectivity index is 2.09. The summed E-state index contributed by atoms with van der Waals surface area (Å²) in [5.41, 5.74) is 0. The van der Waals surface area contributed by atoms with E-state index < -0.39 is 0 Å². The van der Waals surface area contributed by atoms with E-state index in [2.05, 4.69) is 43.1 Å². The van der Waals surface area contributed by atoms with Gasteiger partial charge in [0, 0.05) is 33.7 Å². The molecule has 0 saturated carbocycles. The number of nitrogens with zero attached hydrogens (tertiary/aromatic N) is 3. The van der Waals surface area contributed by atoms with Gasteiger partial charge in [-0.15, -0.1) is 0 Å². The lowest BCUT2D eigenvalue weighted by Crippen LogP contribution is -2.44. The molecule has 0 aromatic carbocycles. The molecule has 0 aromatic heterocycles. The second kappa shape index (κ2) is 6.43. The first-order valence-electron chi connectivity index (χ1n) is 5.78. The summed E-state index contributed by atoms with van der Waals surface area (Å²) < 4.78 is 5.83. The van der Waals surface area contributed by atoms with Crippen molar-refractivity contribution in [1.82, 2.24) is 14.9 Å². The fourth-order valence-corrected chi connectivity index (χ4v) is 1.81. The molecular formula is C11H25N3O. The number of hydrogen-bond donors (Lipinski definition) is 0. The van der Waals surface area contributed by atoms with E-state index in [1.54, 1.807) is 0 Å². The lowest BCUT2D eigenvalue weighted by molar-refractivity contribution is -0.0554. The molecule has 0 radical (unpaired) electrons. The van der Waals surface area contributed by atoms with Gasteiger partial charge >= 0.3 is 0 Å². The third kappa shape index (κ3) is 4.93. The second-order valence-corrected chi connectivity index (χ2v) is 4.67. The van der Waals surface area contributed by atoms with E-state index in [9.17, 15) is 0 Å². The molecule has 1 saturated heterocycles. The highest BCUT2D eigenvalue weighted by Gasteiger charge is 2.20. The minimum Gasteiger partial charge on any atom is -0.377 e. The molecule has 0 unspecified atom stereocenters. The molecule has 0 amide bonds. The SMILES string of the molecule is CN(C)CCOC1CCN(N(C)C)CC1. The number of ether oxygens (including phenoxy) is 1. The quantitative estimate of drug-likeness (QED) is 0.665. The van der Waals surface area contributed by atoms with Gasteiger partial charge in [-0.05, 0) is 26.9 Å². The molecular weight excluding hydrogens is 190 g/mol. The summed E-state index contributed by atoms with van der Waals surface area (Å²) in [5.74, 6) is 0. The summed E-state index contributed by atoms with van der Waals surface area (Å²) in [5, 5.41) is 4.54. The van der Waals surface area contributed by atoms with E-state index in [4.69, 9.17) is 4.74 Å². The maximum Gasteiger partial charge on any atom is 0.0601 e. The van der Waals surface area contributed by atoms with Gasteiger partial charge in [0.15, 0.2) is 0 Å². The highest BCUT2D eigenvalue weighted by atomic mass is 16.5. The third-order valence-electron chi connectivity index (χ3n) is 2.88. The van der Waals surface area contributed by atoms with Crippen LogP contribution in [0.25, 0.3) is 0 Å². The second-order valence-electron chi connectivity index (χ2n) is 4.67. The Morgan fingerprint density at radius 2 is 1.73 bits per heavy atom. The first-order valence-corrected chi connectivity index (χ1v) is 5.78. The summed E-state index contributed by atoms with van der Waals surface area (Å²) >= 11 is 0. The van der Waals surface area contributed by atoms with Crippen LogP contribution in [0.4, 0.5) is 0 Å². The predicted octanol–water partition coefficient (Wildman–Crippen LogP) is 0.506. The number of hydrogen-bond acceptors (Lipinski definition) is 4. The molecule has 1 rings (SSSR count). The van der Waals surface area contributed by atoms with Crippen molar-refractivity contribution in [1.29, 1.82) is 0 Å². The molecule has 0 aliphatic carbocycles. The van der Waals surface area contributed by atoms with Gasteiger partial charge in [0.2, 0.25) is 0 Å². The van der Waals surface area contributed by atoms with Gasteiger partial charge < -0.3 is 9.64 Å². The van der Waals surface area contributed by atoms with Gasteiger partial charge in [-0.2, -0.15) is 0 Å². The molecule has 0 aromatic rings. The van der Waals surface area contributed by atoms with Gasteiger partial charge in [0.25, 0.3) is 0 Å². The van der Waals surface area contributed by atoms with Gasteiger partial charge in [-0.3, -0.25) is 0 Å². The normalized spacial score (nSPS) is 20.4. The first kappa shape index (κ1) is 12.9. The third-order valence-corrected chi connectivity index (χ3v) is 2.88. The maximum atomic E-state index is 5.83. The van der Waals surface area contributed by atoms with Crippen LogP contribution in [0.15, 0.2) is 0 Å². The molecule has 0 spiro atoms. The van der Waals surface area contributed by atoms with Crippen molar-refractivity contribution in [3.05, 3.63) is 0 Å². The lowest BCUT2D eigenvalue weighted by Gasteiger charge is -2.35.